The zero-order valence-electron chi connectivity index (χ0n) is 22.6. The lowest BCUT2D eigenvalue weighted by molar-refractivity contribution is -0.129. The number of ketones is 1. The van der Waals surface area contributed by atoms with Crippen molar-refractivity contribution in [2.24, 2.45) is 11.8 Å². The molecule has 0 unspecified atom stereocenters. The Kier molecular flexibility index (Phi) is 12.9. The average molecular weight is 502 g/mol. The highest BCUT2D eigenvalue weighted by atomic mass is 16.2. The van der Waals surface area contributed by atoms with Crippen molar-refractivity contribution in [1.29, 1.82) is 0 Å². The lowest BCUT2D eigenvalue weighted by Gasteiger charge is -2.31. The quantitative estimate of drug-likeness (QED) is 0.282. The Balaban J connectivity index is 1.43. The predicted octanol–water partition coefficient (Wildman–Crippen LogP) is 4.42. The van der Waals surface area contributed by atoms with Crippen LogP contribution in [0.1, 0.15) is 90.9 Å². The highest BCUT2D eigenvalue weighted by Gasteiger charge is 2.25. The number of hydrogen-bond donors (Lipinski definition) is 1. The number of Topliss-reactive ketones (excluding diaryl/α,β-unsaturated/α-hetero) is 1. The van der Waals surface area contributed by atoms with Crippen LogP contribution in [0.5, 0.6) is 0 Å². The van der Waals surface area contributed by atoms with E-state index in [0.29, 0.717) is 67.7 Å². The molecular weight excluding hydrogens is 454 g/mol. The van der Waals surface area contributed by atoms with Gasteiger partial charge in [0, 0.05) is 63.1 Å². The maximum Gasteiger partial charge on any atom is 0.248 e. The van der Waals surface area contributed by atoms with Gasteiger partial charge in [-0.05, 0) is 64.2 Å². The number of unbranched alkanes of at least 4 members (excludes halogenated alkanes) is 4. The molecule has 2 aliphatic rings. The molecule has 2 saturated heterocycles. The van der Waals surface area contributed by atoms with Gasteiger partial charge in [-0.3, -0.25) is 19.2 Å². The van der Waals surface area contributed by atoms with E-state index in [1.165, 1.54) is 0 Å². The Morgan fingerprint density at radius 1 is 0.694 bits per heavy atom. The summed E-state index contributed by atoms with van der Waals surface area (Å²) >= 11 is 0. The molecule has 0 radical (unpaired) electrons. The Hall–Kier alpha value is -2.44. The van der Waals surface area contributed by atoms with Crippen LogP contribution in [0.2, 0.25) is 0 Å². The lowest BCUT2D eigenvalue weighted by Crippen LogP contribution is -2.40. The van der Waals surface area contributed by atoms with Gasteiger partial charge in [0.2, 0.25) is 17.7 Å². The zero-order chi connectivity index (χ0) is 26.5. The van der Waals surface area contributed by atoms with E-state index in [9.17, 15) is 19.2 Å². The van der Waals surface area contributed by atoms with Crippen LogP contribution >= 0.6 is 0 Å². The summed E-state index contributed by atoms with van der Waals surface area (Å²) in [5, 5.41) is 3.04. The molecule has 0 saturated carbocycles. The van der Waals surface area contributed by atoms with Crippen molar-refractivity contribution in [3.8, 4) is 0 Å². The van der Waals surface area contributed by atoms with Gasteiger partial charge in [-0.2, -0.15) is 0 Å². The van der Waals surface area contributed by atoms with Crippen LogP contribution in [0, 0.1) is 11.8 Å². The standard InChI is InChI=1S/C29H47N3O4/c1-22(2)28(35)31-16-11-24(12-17-31)20-26(33)10-8-6-5-7-9-15-30-27(34)21-25-13-18-32(19-14-25)29(36)23(3)4/h24-25H,1,3,5-21H2,2,4H3,(H,30,34). The van der Waals surface area contributed by atoms with Crippen LogP contribution in [-0.2, 0) is 19.2 Å². The minimum absolute atomic E-state index is 0.0243. The highest BCUT2D eigenvalue weighted by Crippen LogP contribution is 2.23. The number of hydrogen-bond acceptors (Lipinski definition) is 4. The number of carbonyl (C=O) groups excluding carboxylic acids is 4. The minimum Gasteiger partial charge on any atom is -0.356 e. The number of nitrogens with zero attached hydrogens (tertiary/aromatic N) is 2. The minimum atomic E-state index is 0.0243. The van der Waals surface area contributed by atoms with Gasteiger partial charge in [0.25, 0.3) is 0 Å². The van der Waals surface area contributed by atoms with Crippen molar-refractivity contribution in [2.45, 2.75) is 90.9 Å². The van der Waals surface area contributed by atoms with Crippen LogP contribution in [-0.4, -0.2) is 66.0 Å². The molecule has 7 nitrogen and oxygen atoms in total. The molecule has 1 N–H and O–H groups in total. The first kappa shape index (κ1) is 29.8. The fourth-order valence-electron chi connectivity index (χ4n) is 5.18. The summed E-state index contributed by atoms with van der Waals surface area (Å²) in [5.41, 5.74) is 1.15. The van der Waals surface area contributed by atoms with E-state index in [2.05, 4.69) is 18.5 Å². The van der Waals surface area contributed by atoms with Crippen LogP contribution in [0.15, 0.2) is 24.3 Å². The van der Waals surface area contributed by atoms with Gasteiger partial charge in [0.15, 0.2) is 0 Å². The van der Waals surface area contributed by atoms with Crippen LogP contribution in [0.3, 0.4) is 0 Å². The molecule has 36 heavy (non-hydrogen) atoms. The molecule has 0 aliphatic carbocycles. The molecule has 0 atom stereocenters. The lowest BCUT2D eigenvalue weighted by atomic mass is 9.90. The van der Waals surface area contributed by atoms with E-state index in [0.717, 1.165) is 70.9 Å². The molecule has 0 bridgehead atoms. The molecule has 0 aromatic carbocycles. The van der Waals surface area contributed by atoms with Gasteiger partial charge in [-0.25, -0.2) is 0 Å². The number of likely N-dealkylation sites (tertiary alicyclic amines) is 2. The molecule has 7 heteroatoms. The van der Waals surface area contributed by atoms with Crippen LogP contribution in [0.4, 0.5) is 0 Å². The second kappa shape index (κ2) is 15.6. The molecule has 0 aromatic rings. The van der Waals surface area contributed by atoms with Gasteiger partial charge in [0.05, 0.1) is 0 Å². The Morgan fingerprint density at radius 2 is 1.14 bits per heavy atom. The molecule has 0 spiro atoms. The molecule has 2 aliphatic heterocycles. The molecule has 0 aromatic heterocycles. The topological polar surface area (TPSA) is 86.8 Å². The summed E-state index contributed by atoms with van der Waals surface area (Å²) in [6.07, 6.45) is 10.5. The second-order valence-corrected chi connectivity index (χ2v) is 10.8. The monoisotopic (exact) mass is 501 g/mol. The Labute approximate surface area is 217 Å². The fourth-order valence-corrected chi connectivity index (χ4v) is 5.18. The highest BCUT2D eigenvalue weighted by molar-refractivity contribution is 5.92. The average Bonchev–Trinajstić information content (AvgIpc) is 2.85. The van der Waals surface area contributed by atoms with Crippen LogP contribution in [0.25, 0.3) is 0 Å². The first-order chi connectivity index (χ1) is 17.2. The third kappa shape index (κ3) is 10.7. The summed E-state index contributed by atoms with van der Waals surface area (Å²) in [4.78, 5) is 52.2. The number of amides is 3. The zero-order valence-corrected chi connectivity index (χ0v) is 22.6. The third-order valence-electron chi connectivity index (χ3n) is 7.48. The third-order valence-corrected chi connectivity index (χ3v) is 7.48. The number of piperidine rings is 2. The molecule has 2 rings (SSSR count). The molecule has 3 amide bonds. The predicted molar refractivity (Wildman–Crippen MR) is 143 cm³/mol. The Morgan fingerprint density at radius 3 is 1.64 bits per heavy atom. The van der Waals surface area contributed by atoms with Crippen molar-refractivity contribution in [2.75, 3.05) is 32.7 Å². The molecular formula is C29H47N3O4. The summed E-state index contributed by atoms with van der Waals surface area (Å²) in [6, 6.07) is 0. The van der Waals surface area contributed by atoms with Crippen molar-refractivity contribution in [1.82, 2.24) is 15.1 Å². The van der Waals surface area contributed by atoms with Crippen LogP contribution < -0.4 is 5.32 Å². The SMILES string of the molecule is C=C(C)C(=O)N1CCC(CC(=O)CCCCCCCNC(=O)CC2CCN(C(=O)C(=C)C)CC2)CC1. The van der Waals surface area contributed by atoms with E-state index >= 15 is 0 Å². The van der Waals surface area contributed by atoms with Crippen molar-refractivity contribution in [3.63, 3.8) is 0 Å². The smallest absolute Gasteiger partial charge is 0.248 e. The molecule has 202 valence electrons. The van der Waals surface area contributed by atoms with Gasteiger partial charge >= 0.3 is 0 Å². The number of nitrogens with one attached hydrogen (secondary N) is 1. The normalized spacial score (nSPS) is 17.1. The van der Waals surface area contributed by atoms with E-state index in [1.807, 2.05) is 9.80 Å². The van der Waals surface area contributed by atoms with E-state index < -0.39 is 0 Å². The fraction of sp³-hybridized carbons (Fsp3) is 0.724. The summed E-state index contributed by atoms with van der Waals surface area (Å²) in [7, 11) is 0. The van der Waals surface area contributed by atoms with E-state index in [4.69, 9.17) is 0 Å². The summed E-state index contributed by atoms with van der Waals surface area (Å²) < 4.78 is 0. The second-order valence-electron chi connectivity index (χ2n) is 10.8. The first-order valence-electron chi connectivity index (χ1n) is 13.8. The van der Waals surface area contributed by atoms with Gasteiger partial charge in [-0.15, -0.1) is 0 Å². The maximum absolute atomic E-state index is 12.3. The first-order valence-corrected chi connectivity index (χ1v) is 13.8. The van der Waals surface area contributed by atoms with E-state index in [1.54, 1.807) is 13.8 Å². The van der Waals surface area contributed by atoms with Crippen molar-refractivity contribution < 1.29 is 19.2 Å². The summed E-state index contributed by atoms with van der Waals surface area (Å²) in [6.45, 7) is 14.5. The molecule has 2 heterocycles. The van der Waals surface area contributed by atoms with Gasteiger partial charge in [0.1, 0.15) is 5.78 Å². The van der Waals surface area contributed by atoms with Crippen molar-refractivity contribution in [3.05, 3.63) is 24.3 Å². The Bertz CT molecular complexity index is 724. The number of rotatable bonds is 14. The molecule has 2 fully saturated rings. The number of carbonyl (C=O) groups is 4. The van der Waals surface area contributed by atoms with Gasteiger partial charge < -0.3 is 15.1 Å². The van der Waals surface area contributed by atoms with E-state index in [-0.39, 0.29) is 17.7 Å². The maximum atomic E-state index is 12.3. The van der Waals surface area contributed by atoms with Gasteiger partial charge in [-0.1, -0.05) is 32.4 Å². The van der Waals surface area contributed by atoms with Crippen molar-refractivity contribution >= 4 is 23.5 Å². The summed E-state index contributed by atoms with van der Waals surface area (Å²) in [5.74, 6) is 1.27. The largest absolute Gasteiger partial charge is 0.356 e.